The van der Waals surface area contributed by atoms with Gasteiger partial charge < -0.3 is 9.64 Å². The molecule has 0 atom stereocenters. The fourth-order valence-corrected chi connectivity index (χ4v) is 4.81. The molecular weight excluding hydrogens is 475 g/mol. The molecule has 1 aliphatic rings. The minimum atomic E-state index is -0.295. The molecule has 1 saturated heterocycles. The fraction of sp³-hybridized carbons (Fsp3) is 0.321. The van der Waals surface area contributed by atoms with E-state index in [-0.39, 0.29) is 11.7 Å². The van der Waals surface area contributed by atoms with Crippen LogP contribution in [0.1, 0.15) is 36.7 Å². The van der Waals surface area contributed by atoms with Crippen LogP contribution >= 0.6 is 11.8 Å². The molecule has 0 radical (unpaired) electrons. The van der Waals surface area contributed by atoms with Crippen LogP contribution in [0.5, 0.6) is 0 Å². The number of benzene rings is 2. The Labute approximate surface area is 215 Å². The molecule has 0 bridgehead atoms. The number of ether oxygens (including phenoxy) is 1. The van der Waals surface area contributed by atoms with Crippen molar-refractivity contribution in [3.8, 4) is 17.1 Å². The van der Waals surface area contributed by atoms with Crippen LogP contribution in [0.3, 0.4) is 0 Å². The molecule has 0 unspecified atom stereocenters. The van der Waals surface area contributed by atoms with Crippen LogP contribution in [0.2, 0.25) is 0 Å². The van der Waals surface area contributed by atoms with Crippen LogP contribution in [0, 0.1) is 5.82 Å². The quantitative estimate of drug-likeness (QED) is 0.310. The van der Waals surface area contributed by atoms with E-state index in [9.17, 15) is 9.18 Å². The van der Waals surface area contributed by atoms with Gasteiger partial charge in [-0.15, -0.1) is 11.8 Å². The summed E-state index contributed by atoms with van der Waals surface area (Å²) in [6.45, 7) is 8.34. The molecule has 1 amide bonds. The van der Waals surface area contributed by atoms with E-state index >= 15 is 0 Å². The Kier molecular flexibility index (Phi) is 8.38. The van der Waals surface area contributed by atoms with Crippen molar-refractivity contribution < 1.29 is 13.9 Å². The number of halogens is 1. The number of nitrogens with zero attached hydrogens (tertiary/aromatic N) is 4. The van der Waals surface area contributed by atoms with Crippen molar-refractivity contribution in [2.75, 3.05) is 32.6 Å². The lowest BCUT2D eigenvalue weighted by Gasteiger charge is -2.26. The predicted molar refractivity (Wildman–Crippen MR) is 143 cm³/mol. The maximum Gasteiger partial charge on any atom is 0.254 e. The van der Waals surface area contributed by atoms with Crippen molar-refractivity contribution in [3.05, 3.63) is 71.9 Å². The number of hydrogen-bond donors (Lipinski definition) is 0. The van der Waals surface area contributed by atoms with Gasteiger partial charge in [0, 0.05) is 58.7 Å². The number of carbonyl (C=O) groups excluding carboxylic acids is 1. The summed E-state index contributed by atoms with van der Waals surface area (Å²) in [5.41, 5.74) is 3.65. The molecule has 5 rings (SSSR count). The number of thioether (sulfide) groups is 1. The molecule has 6 nitrogen and oxygen atoms in total. The maximum absolute atomic E-state index is 14.4. The lowest BCUT2D eigenvalue weighted by molar-refractivity contribution is 0.0303. The van der Waals surface area contributed by atoms with Crippen molar-refractivity contribution in [2.45, 2.75) is 32.1 Å². The van der Waals surface area contributed by atoms with Gasteiger partial charge in [-0.1, -0.05) is 32.9 Å². The van der Waals surface area contributed by atoms with Crippen LogP contribution in [-0.4, -0.2) is 57.9 Å². The molecule has 4 aromatic rings. The van der Waals surface area contributed by atoms with Gasteiger partial charge in [-0.3, -0.25) is 9.36 Å². The number of fused-ring (bicyclic) bond motifs is 1. The summed E-state index contributed by atoms with van der Waals surface area (Å²) in [6.07, 6.45) is 8.11. The summed E-state index contributed by atoms with van der Waals surface area (Å²) in [4.78, 5) is 25.0. The highest BCUT2D eigenvalue weighted by atomic mass is 32.2. The maximum atomic E-state index is 14.4. The third-order valence-electron chi connectivity index (χ3n) is 6.14. The highest BCUT2D eigenvalue weighted by Gasteiger charge is 2.20. The zero-order valence-electron chi connectivity index (χ0n) is 21.1. The third-order valence-corrected chi connectivity index (χ3v) is 6.90. The number of hydrogen-bond acceptors (Lipinski definition) is 5. The van der Waals surface area contributed by atoms with Crippen molar-refractivity contribution in [1.82, 2.24) is 19.4 Å². The molecule has 1 fully saturated rings. The van der Waals surface area contributed by atoms with Gasteiger partial charge in [0.15, 0.2) is 0 Å². The molecule has 188 valence electrons. The first-order valence-corrected chi connectivity index (χ1v) is 13.5. The minimum absolute atomic E-state index is 0.00815. The lowest BCUT2D eigenvalue weighted by Crippen LogP contribution is -2.40. The standard InChI is InChI=1S/C26H25FN4O2S.C2H6/c1-3-17-4-7-22(27)21(12-17)19-14-28-26(29-15-19)31-16-24(34-2)20-6-5-18(13-23(20)31)25(32)30-8-10-33-11-9-30;1-2/h4-7,12-16H,3,8-11H2,1-2H3;1-2H3. The molecule has 2 aromatic heterocycles. The Balaban J connectivity index is 0.00000148. The topological polar surface area (TPSA) is 60.2 Å². The monoisotopic (exact) mass is 506 g/mol. The first-order chi connectivity index (χ1) is 17.6. The molecule has 0 saturated carbocycles. The summed E-state index contributed by atoms with van der Waals surface area (Å²) >= 11 is 1.62. The zero-order valence-corrected chi connectivity index (χ0v) is 21.9. The Morgan fingerprint density at radius 2 is 1.81 bits per heavy atom. The number of morpholine rings is 1. The molecule has 3 heterocycles. The first-order valence-electron chi connectivity index (χ1n) is 12.3. The van der Waals surface area contributed by atoms with Gasteiger partial charge in [0.2, 0.25) is 5.95 Å². The molecular formula is C28H31FN4O2S. The van der Waals surface area contributed by atoms with E-state index in [0.717, 1.165) is 27.8 Å². The summed E-state index contributed by atoms with van der Waals surface area (Å²) in [5.74, 6) is 0.166. The molecule has 2 aromatic carbocycles. The molecule has 0 aliphatic carbocycles. The highest BCUT2D eigenvalue weighted by Crippen LogP contribution is 2.31. The van der Waals surface area contributed by atoms with E-state index in [2.05, 4.69) is 9.97 Å². The number of rotatable bonds is 5. The average molecular weight is 507 g/mol. The van der Waals surface area contributed by atoms with E-state index in [0.29, 0.717) is 48.9 Å². The molecule has 8 heteroatoms. The molecule has 0 N–H and O–H groups in total. The fourth-order valence-electron chi connectivity index (χ4n) is 4.20. The largest absolute Gasteiger partial charge is 0.378 e. The van der Waals surface area contributed by atoms with E-state index in [1.54, 1.807) is 30.2 Å². The van der Waals surface area contributed by atoms with Crippen molar-refractivity contribution in [1.29, 1.82) is 0 Å². The van der Waals surface area contributed by atoms with Crippen molar-refractivity contribution in [2.24, 2.45) is 0 Å². The first kappa shape index (κ1) is 25.9. The van der Waals surface area contributed by atoms with Gasteiger partial charge in [-0.2, -0.15) is 0 Å². The van der Waals surface area contributed by atoms with Crippen LogP contribution in [0.25, 0.3) is 28.0 Å². The van der Waals surface area contributed by atoms with Crippen LogP contribution in [0.4, 0.5) is 4.39 Å². The molecule has 1 aliphatic heterocycles. The smallest absolute Gasteiger partial charge is 0.254 e. The van der Waals surface area contributed by atoms with E-state index in [1.807, 2.05) is 67.0 Å². The second-order valence-corrected chi connectivity index (χ2v) is 8.99. The second-order valence-electron chi connectivity index (χ2n) is 8.14. The number of carbonyl (C=O) groups is 1. The van der Waals surface area contributed by atoms with Gasteiger partial charge in [0.1, 0.15) is 5.82 Å². The SMILES string of the molecule is CC.CCc1ccc(F)c(-c2cnc(-n3cc(SC)c4ccc(C(=O)N5CCOCC5)cc43)nc2)c1. The molecule has 36 heavy (non-hydrogen) atoms. The lowest BCUT2D eigenvalue weighted by atomic mass is 10.0. The Morgan fingerprint density at radius 3 is 2.47 bits per heavy atom. The average Bonchev–Trinajstić information content (AvgIpc) is 3.32. The zero-order chi connectivity index (χ0) is 25.7. The summed E-state index contributed by atoms with van der Waals surface area (Å²) < 4.78 is 21.7. The second kappa shape index (κ2) is 11.7. The van der Waals surface area contributed by atoms with E-state index < -0.39 is 0 Å². The van der Waals surface area contributed by atoms with Crippen molar-refractivity contribution >= 4 is 28.6 Å². The van der Waals surface area contributed by atoms with E-state index in [4.69, 9.17) is 4.74 Å². The third kappa shape index (κ3) is 5.15. The van der Waals surface area contributed by atoms with Crippen molar-refractivity contribution in [3.63, 3.8) is 0 Å². The van der Waals surface area contributed by atoms with E-state index in [1.165, 1.54) is 6.07 Å². The van der Waals surface area contributed by atoms with Gasteiger partial charge >= 0.3 is 0 Å². The number of amides is 1. The Morgan fingerprint density at radius 1 is 1.08 bits per heavy atom. The van der Waals surface area contributed by atoms with Crippen LogP contribution in [-0.2, 0) is 11.2 Å². The summed E-state index contributed by atoms with van der Waals surface area (Å²) in [7, 11) is 0. The van der Waals surface area contributed by atoms with Crippen LogP contribution < -0.4 is 0 Å². The Hall–Kier alpha value is -3.23. The predicted octanol–water partition coefficient (Wildman–Crippen LogP) is 6.01. The van der Waals surface area contributed by atoms with Gasteiger partial charge in [-0.25, -0.2) is 14.4 Å². The Bertz CT molecular complexity index is 1350. The number of aromatic nitrogens is 3. The highest BCUT2D eigenvalue weighted by molar-refractivity contribution is 7.98. The number of aryl methyl sites for hydroxylation is 1. The summed E-state index contributed by atoms with van der Waals surface area (Å²) in [5, 5.41) is 1.03. The minimum Gasteiger partial charge on any atom is -0.378 e. The normalized spacial score (nSPS) is 13.4. The molecule has 0 spiro atoms. The summed E-state index contributed by atoms with van der Waals surface area (Å²) in [6, 6.07) is 10.9. The van der Waals surface area contributed by atoms with Gasteiger partial charge in [0.25, 0.3) is 5.91 Å². The van der Waals surface area contributed by atoms with Gasteiger partial charge in [0.05, 0.1) is 18.7 Å². The van der Waals surface area contributed by atoms with Crippen LogP contribution in [0.15, 0.2) is 59.9 Å². The van der Waals surface area contributed by atoms with Gasteiger partial charge in [-0.05, 0) is 42.5 Å².